The van der Waals surface area contributed by atoms with Crippen LogP contribution in [0.15, 0.2) is 73.7 Å². The molecule has 0 saturated heterocycles. The quantitative estimate of drug-likeness (QED) is 0.449. The summed E-state index contributed by atoms with van der Waals surface area (Å²) >= 11 is 0. The SMILES string of the molecule is O=C1N=c2ccc(-c3noc(-c4ccc5c(O)n(Cc6ccco6)c(O)c5c4)n3)cc2=N1. The smallest absolute Gasteiger partial charge is 0.368 e. The lowest BCUT2D eigenvalue weighted by atomic mass is 10.1. The van der Waals surface area contributed by atoms with Gasteiger partial charge in [-0.15, -0.1) is 0 Å². The molecule has 0 saturated carbocycles. The number of aromatic nitrogens is 3. The molecule has 156 valence electrons. The first-order valence-electron chi connectivity index (χ1n) is 9.59. The standard InChI is InChI=1S/C22H13N5O5/c28-20-14-5-3-12(8-15(14)21(29)27(20)10-13-2-1-7-31-13)19-25-18(26-32-19)11-4-6-16-17(9-11)24-22(30)23-16/h1-9,28-29H,10H2. The number of carbonyl (C=O) groups excluding carboxylic acids is 1. The summed E-state index contributed by atoms with van der Waals surface area (Å²) in [6.45, 7) is 0.178. The Balaban J connectivity index is 1.38. The molecule has 1 aliphatic rings. The van der Waals surface area contributed by atoms with Crippen molar-refractivity contribution in [2.45, 2.75) is 6.54 Å². The Morgan fingerprint density at radius 2 is 1.72 bits per heavy atom. The van der Waals surface area contributed by atoms with Crippen molar-refractivity contribution in [1.82, 2.24) is 14.7 Å². The molecule has 32 heavy (non-hydrogen) atoms. The highest BCUT2D eigenvalue weighted by atomic mass is 16.5. The molecular formula is C22H13N5O5. The fourth-order valence-electron chi connectivity index (χ4n) is 3.69. The van der Waals surface area contributed by atoms with E-state index in [-0.39, 0.29) is 24.2 Å². The van der Waals surface area contributed by atoms with Crippen LogP contribution < -0.4 is 10.7 Å². The van der Waals surface area contributed by atoms with Gasteiger partial charge in [0.25, 0.3) is 5.89 Å². The van der Waals surface area contributed by atoms with Crippen molar-refractivity contribution in [3.8, 4) is 34.6 Å². The zero-order valence-electron chi connectivity index (χ0n) is 16.3. The maximum atomic E-state index is 11.4. The highest BCUT2D eigenvalue weighted by Gasteiger charge is 2.19. The first-order chi connectivity index (χ1) is 15.6. The Bertz CT molecular complexity index is 1650. The number of hydrogen-bond donors (Lipinski definition) is 2. The third-order valence-electron chi connectivity index (χ3n) is 5.25. The van der Waals surface area contributed by atoms with E-state index in [9.17, 15) is 15.0 Å². The van der Waals surface area contributed by atoms with Crippen molar-refractivity contribution in [1.29, 1.82) is 0 Å². The maximum absolute atomic E-state index is 11.4. The molecule has 2 aromatic carbocycles. The summed E-state index contributed by atoms with van der Waals surface area (Å²) in [5.41, 5.74) is 1.19. The first kappa shape index (κ1) is 18.1. The molecule has 4 heterocycles. The number of rotatable bonds is 4. The van der Waals surface area contributed by atoms with Crippen LogP contribution in [0.4, 0.5) is 4.79 Å². The number of furan rings is 1. The molecule has 2 N–H and O–H groups in total. The number of carbonyl (C=O) groups is 1. The summed E-state index contributed by atoms with van der Waals surface area (Å²) in [5.74, 6) is 0.962. The van der Waals surface area contributed by atoms with Crippen LogP contribution in [0.2, 0.25) is 0 Å². The lowest BCUT2D eigenvalue weighted by Crippen LogP contribution is -2.20. The van der Waals surface area contributed by atoms with Gasteiger partial charge in [0, 0.05) is 21.9 Å². The van der Waals surface area contributed by atoms with Crippen LogP contribution in [0.5, 0.6) is 11.8 Å². The molecule has 5 aromatic rings. The molecule has 0 unspecified atom stereocenters. The van der Waals surface area contributed by atoms with E-state index in [1.54, 1.807) is 48.5 Å². The Hall–Kier alpha value is -4.73. The van der Waals surface area contributed by atoms with Gasteiger partial charge in [0.05, 0.1) is 23.5 Å². The fraction of sp³-hybridized carbons (Fsp3) is 0.0455. The van der Waals surface area contributed by atoms with E-state index in [2.05, 4.69) is 20.1 Å². The second kappa shape index (κ2) is 6.64. The fourth-order valence-corrected chi connectivity index (χ4v) is 3.69. The third-order valence-corrected chi connectivity index (χ3v) is 5.25. The lowest BCUT2D eigenvalue weighted by Gasteiger charge is -2.03. The van der Waals surface area contributed by atoms with E-state index in [0.717, 1.165) is 0 Å². The zero-order valence-corrected chi connectivity index (χ0v) is 16.3. The van der Waals surface area contributed by atoms with E-state index in [4.69, 9.17) is 8.94 Å². The Morgan fingerprint density at radius 3 is 2.56 bits per heavy atom. The molecule has 0 atom stereocenters. The highest BCUT2D eigenvalue weighted by molar-refractivity contribution is 5.95. The van der Waals surface area contributed by atoms with Crippen molar-refractivity contribution < 1.29 is 23.9 Å². The van der Waals surface area contributed by atoms with Gasteiger partial charge in [0.1, 0.15) is 5.76 Å². The predicted molar refractivity (Wildman–Crippen MR) is 110 cm³/mol. The van der Waals surface area contributed by atoms with Crippen LogP contribution in [0.3, 0.4) is 0 Å². The lowest BCUT2D eigenvalue weighted by molar-refractivity contribution is 0.256. The van der Waals surface area contributed by atoms with Crippen molar-refractivity contribution in [3.05, 3.63) is 71.3 Å². The summed E-state index contributed by atoms with van der Waals surface area (Å²) < 4.78 is 12.1. The Labute approximate surface area is 178 Å². The number of benzene rings is 2. The molecule has 0 bridgehead atoms. The van der Waals surface area contributed by atoms with Gasteiger partial charge in [-0.2, -0.15) is 15.0 Å². The van der Waals surface area contributed by atoms with Crippen molar-refractivity contribution >= 4 is 16.8 Å². The van der Waals surface area contributed by atoms with Crippen LogP contribution in [-0.4, -0.2) is 31.0 Å². The molecular weight excluding hydrogens is 414 g/mol. The molecule has 3 aromatic heterocycles. The number of aromatic hydroxyl groups is 2. The summed E-state index contributed by atoms with van der Waals surface area (Å²) in [6.07, 6.45) is 1.53. The molecule has 1 aliphatic heterocycles. The largest absolute Gasteiger partial charge is 0.494 e. The average molecular weight is 427 g/mol. The maximum Gasteiger partial charge on any atom is 0.368 e. The molecule has 6 rings (SSSR count). The van der Waals surface area contributed by atoms with Crippen molar-refractivity contribution in [2.75, 3.05) is 0 Å². The van der Waals surface area contributed by atoms with Gasteiger partial charge >= 0.3 is 6.03 Å². The summed E-state index contributed by atoms with van der Waals surface area (Å²) in [7, 11) is 0. The summed E-state index contributed by atoms with van der Waals surface area (Å²) in [5, 5.41) is 27.1. The van der Waals surface area contributed by atoms with Gasteiger partial charge in [0.15, 0.2) is 0 Å². The highest BCUT2D eigenvalue weighted by Crippen LogP contribution is 2.39. The topological polar surface area (TPSA) is 139 Å². The second-order valence-electron chi connectivity index (χ2n) is 7.21. The molecule has 10 nitrogen and oxygen atoms in total. The molecule has 2 amide bonds. The van der Waals surface area contributed by atoms with Gasteiger partial charge in [-0.3, -0.25) is 4.57 Å². The monoisotopic (exact) mass is 427 g/mol. The van der Waals surface area contributed by atoms with Gasteiger partial charge < -0.3 is 19.2 Å². The van der Waals surface area contributed by atoms with Crippen LogP contribution in [0, 0.1) is 0 Å². The number of amides is 2. The Morgan fingerprint density at radius 1 is 0.906 bits per heavy atom. The minimum atomic E-state index is -0.540. The van der Waals surface area contributed by atoms with E-state index in [1.807, 2.05) is 0 Å². The minimum Gasteiger partial charge on any atom is -0.494 e. The molecule has 10 heteroatoms. The normalized spacial score (nSPS) is 12.7. The number of hydrogen-bond acceptors (Lipinski definition) is 7. The van der Waals surface area contributed by atoms with E-state index in [0.29, 0.717) is 44.2 Å². The van der Waals surface area contributed by atoms with Gasteiger partial charge in [-0.05, 0) is 48.5 Å². The van der Waals surface area contributed by atoms with Crippen LogP contribution in [0.25, 0.3) is 33.6 Å². The van der Waals surface area contributed by atoms with Gasteiger partial charge in [-0.1, -0.05) is 5.16 Å². The number of fused-ring (bicyclic) bond motifs is 2. The zero-order chi connectivity index (χ0) is 21.8. The molecule has 0 aliphatic carbocycles. The van der Waals surface area contributed by atoms with Crippen LogP contribution in [0.1, 0.15) is 5.76 Å². The van der Waals surface area contributed by atoms with Crippen LogP contribution in [-0.2, 0) is 6.54 Å². The van der Waals surface area contributed by atoms with E-state index < -0.39 is 6.03 Å². The number of nitrogens with zero attached hydrogens (tertiary/aromatic N) is 5. The van der Waals surface area contributed by atoms with Crippen molar-refractivity contribution in [2.24, 2.45) is 9.98 Å². The van der Waals surface area contributed by atoms with Crippen LogP contribution >= 0.6 is 0 Å². The van der Waals surface area contributed by atoms with Gasteiger partial charge in [-0.25, -0.2) is 4.79 Å². The van der Waals surface area contributed by atoms with E-state index >= 15 is 0 Å². The second-order valence-corrected chi connectivity index (χ2v) is 7.21. The molecule has 0 radical (unpaired) electrons. The van der Waals surface area contributed by atoms with Gasteiger partial charge in [0.2, 0.25) is 17.6 Å². The number of urea groups is 1. The van der Waals surface area contributed by atoms with E-state index in [1.165, 1.54) is 10.8 Å². The Kier molecular flexibility index (Phi) is 3.75. The first-order valence-corrected chi connectivity index (χ1v) is 9.59. The minimum absolute atomic E-state index is 0.0754. The molecule has 0 fully saturated rings. The third kappa shape index (κ3) is 2.77. The summed E-state index contributed by atoms with van der Waals surface area (Å²) in [4.78, 5) is 23.4. The molecule has 0 spiro atoms. The van der Waals surface area contributed by atoms with Crippen molar-refractivity contribution in [3.63, 3.8) is 0 Å². The average Bonchev–Trinajstić information content (AvgIpc) is 3.58. The predicted octanol–water partition coefficient (Wildman–Crippen LogP) is 2.78. The summed E-state index contributed by atoms with van der Waals surface area (Å²) in [6, 6.07) is 13.1.